The highest BCUT2D eigenvalue weighted by Crippen LogP contribution is 2.50. The first-order chi connectivity index (χ1) is 12.1. The first kappa shape index (κ1) is 15.9. The van der Waals surface area contributed by atoms with Crippen molar-refractivity contribution in [2.24, 2.45) is 5.92 Å². The van der Waals surface area contributed by atoms with Gasteiger partial charge in [-0.1, -0.05) is 30.4 Å². The van der Waals surface area contributed by atoms with E-state index in [1.165, 1.54) is 24.8 Å². The predicted octanol–water partition coefficient (Wildman–Crippen LogP) is 4.75. The Bertz CT molecular complexity index is 857. The van der Waals surface area contributed by atoms with Gasteiger partial charge in [-0.2, -0.15) is 0 Å². The molecule has 0 bridgehead atoms. The molecule has 0 unspecified atom stereocenters. The predicted molar refractivity (Wildman–Crippen MR) is 95.3 cm³/mol. The maximum Gasteiger partial charge on any atom is 0.338 e. The molecule has 0 aromatic heterocycles. The molecule has 0 amide bonds. The lowest BCUT2D eigenvalue weighted by Gasteiger charge is -2.38. The SMILES string of the molecule is COC(=O)c1ccc2c(c1C)N[C@H](c1ccc(F)cc1)[C@@H]1CC=C[C@@H]21. The molecule has 0 radical (unpaired) electrons. The topological polar surface area (TPSA) is 38.3 Å². The maximum atomic E-state index is 13.3. The molecule has 128 valence electrons. The summed E-state index contributed by atoms with van der Waals surface area (Å²) in [6.07, 6.45) is 5.45. The molecular weight excluding hydrogens is 317 g/mol. The van der Waals surface area contributed by atoms with Crippen molar-refractivity contribution in [3.63, 3.8) is 0 Å². The van der Waals surface area contributed by atoms with Gasteiger partial charge in [0.05, 0.1) is 18.7 Å². The molecule has 2 aromatic carbocycles. The third-order valence-corrected chi connectivity index (χ3v) is 5.43. The minimum Gasteiger partial charge on any atom is -0.465 e. The number of methoxy groups -OCH3 is 1. The van der Waals surface area contributed by atoms with Crippen molar-refractivity contribution in [3.8, 4) is 0 Å². The number of ether oxygens (including phenoxy) is 1. The standard InChI is InChI=1S/C21H20FNO2/c1-12-15(21(24)25-2)10-11-18-16-4-3-5-17(16)20(23-19(12)18)13-6-8-14(22)9-7-13/h3-4,6-11,16-17,20,23H,5H2,1-2H3/t16-,17-,20-/m1/s1. The van der Waals surface area contributed by atoms with Crippen molar-refractivity contribution >= 4 is 11.7 Å². The number of carbonyl (C=O) groups is 1. The smallest absolute Gasteiger partial charge is 0.338 e. The largest absolute Gasteiger partial charge is 0.465 e. The molecule has 1 heterocycles. The zero-order chi connectivity index (χ0) is 17.6. The summed E-state index contributed by atoms with van der Waals surface area (Å²) in [6, 6.07) is 10.6. The number of hydrogen-bond donors (Lipinski definition) is 1. The Morgan fingerprint density at radius 3 is 2.68 bits per heavy atom. The monoisotopic (exact) mass is 337 g/mol. The highest BCUT2D eigenvalue weighted by molar-refractivity contribution is 5.93. The van der Waals surface area contributed by atoms with Crippen LogP contribution in [0.3, 0.4) is 0 Å². The van der Waals surface area contributed by atoms with E-state index in [1.54, 1.807) is 0 Å². The van der Waals surface area contributed by atoms with E-state index in [9.17, 15) is 9.18 Å². The van der Waals surface area contributed by atoms with Crippen LogP contribution in [-0.2, 0) is 4.74 Å². The lowest BCUT2D eigenvalue weighted by Crippen LogP contribution is -2.30. The van der Waals surface area contributed by atoms with Gasteiger partial charge < -0.3 is 10.1 Å². The lowest BCUT2D eigenvalue weighted by molar-refractivity contribution is 0.0600. The van der Waals surface area contributed by atoms with Crippen LogP contribution in [-0.4, -0.2) is 13.1 Å². The van der Waals surface area contributed by atoms with Crippen molar-refractivity contribution in [3.05, 3.63) is 76.6 Å². The van der Waals surface area contributed by atoms with Gasteiger partial charge in [-0.15, -0.1) is 0 Å². The molecule has 4 heteroatoms. The molecule has 3 atom stereocenters. The summed E-state index contributed by atoms with van der Waals surface area (Å²) in [5.74, 6) is 0.132. The summed E-state index contributed by atoms with van der Waals surface area (Å²) in [4.78, 5) is 12.0. The van der Waals surface area contributed by atoms with Gasteiger partial charge in [-0.3, -0.25) is 0 Å². The van der Waals surface area contributed by atoms with Crippen LogP contribution < -0.4 is 5.32 Å². The number of benzene rings is 2. The molecular formula is C21H20FNO2. The highest BCUT2D eigenvalue weighted by Gasteiger charge is 2.39. The molecule has 0 saturated heterocycles. The average molecular weight is 337 g/mol. The van der Waals surface area contributed by atoms with Crippen LogP contribution in [0.15, 0.2) is 48.6 Å². The first-order valence-electron chi connectivity index (χ1n) is 8.50. The van der Waals surface area contributed by atoms with Gasteiger partial charge >= 0.3 is 5.97 Å². The zero-order valence-corrected chi connectivity index (χ0v) is 14.3. The average Bonchev–Trinajstić information content (AvgIpc) is 3.12. The number of carbonyl (C=O) groups excluding carboxylic acids is 1. The van der Waals surface area contributed by atoms with Gasteiger partial charge in [0.15, 0.2) is 0 Å². The van der Waals surface area contributed by atoms with Crippen LogP contribution in [0.25, 0.3) is 0 Å². The molecule has 25 heavy (non-hydrogen) atoms. The van der Waals surface area contributed by atoms with Crippen molar-refractivity contribution in [2.45, 2.75) is 25.3 Å². The molecule has 1 aliphatic carbocycles. The number of fused-ring (bicyclic) bond motifs is 3. The number of allylic oxidation sites excluding steroid dienone is 2. The Morgan fingerprint density at radius 1 is 1.20 bits per heavy atom. The van der Waals surface area contributed by atoms with E-state index in [0.29, 0.717) is 17.4 Å². The molecule has 1 N–H and O–H groups in total. The Morgan fingerprint density at radius 2 is 1.96 bits per heavy atom. The molecule has 3 nitrogen and oxygen atoms in total. The molecule has 0 fully saturated rings. The number of nitrogens with one attached hydrogen (secondary N) is 1. The van der Waals surface area contributed by atoms with Crippen LogP contribution in [0.1, 0.15) is 45.4 Å². The van der Waals surface area contributed by atoms with Gasteiger partial charge in [0, 0.05) is 11.6 Å². The van der Waals surface area contributed by atoms with Gasteiger partial charge in [0.25, 0.3) is 0 Å². The molecule has 4 rings (SSSR count). The van der Waals surface area contributed by atoms with Crippen LogP contribution in [0.5, 0.6) is 0 Å². The van der Waals surface area contributed by atoms with Gasteiger partial charge in [0.1, 0.15) is 5.82 Å². The Balaban J connectivity index is 1.81. The number of esters is 1. The summed E-state index contributed by atoms with van der Waals surface area (Å²) in [6.45, 7) is 1.94. The summed E-state index contributed by atoms with van der Waals surface area (Å²) >= 11 is 0. The minimum absolute atomic E-state index is 0.0831. The van der Waals surface area contributed by atoms with E-state index < -0.39 is 0 Å². The second-order valence-corrected chi connectivity index (χ2v) is 6.72. The summed E-state index contributed by atoms with van der Waals surface area (Å²) in [5.41, 5.74) is 4.74. The van der Waals surface area contributed by atoms with Crippen LogP contribution in [0, 0.1) is 18.7 Å². The van der Waals surface area contributed by atoms with Crippen molar-refractivity contribution in [1.82, 2.24) is 0 Å². The normalized spacial score (nSPS) is 23.6. The van der Waals surface area contributed by atoms with E-state index in [0.717, 1.165) is 23.2 Å². The van der Waals surface area contributed by atoms with Crippen LogP contribution in [0.2, 0.25) is 0 Å². The fraction of sp³-hybridized carbons (Fsp3) is 0.286. The third-order valence-electron chi connectivity index (χ3n) is 5.43. The van der Waals surface area contributed by atoms with E-state index in [4.69, 9.17) is 4.74 Å². The highest BCUT2D eigenvalue weighted by atomic mass is 19.1. The molecule has 2 aromatic rings. The van der Waals surface area contributed by atoms with E-state index in [1.807, 2.05) is 31.2 Å². The fourth-order valence-electron chi connectivity index (χ4n) is 4.15. The van der Waals surface area contributed by atoms with E-state index in [2.05, 4.69) is 17.5 Å². The number of hydrogen-bond acceptors (Lipinski definition) is 3. The summed E-state index contributed by atoms with van der Waals surface area (Å²) < 4.78 is 18.2. The quantitative estimate of drug-likeness (QED) is 0.635. The minimum atomic E-state index is -0.329. The summed E-state index contributed by atoms with van der Waals surface area (Å²) in [5, 5.41) is 3.62. The second-order valence-electron chi connectivity index (χ2n) is 6.72. The fourth-order valence-corrected chi connectivity index (χ4v) is 4.15. The second kappa shape index (κ2) is 6.03. The first-order valence-corrected chi connectivity index (χ1v) is 8.50. The molecule has 2 aliphatic rings. The number of anilines is 1. The Hall–Kier alpha value is -2.62. The van der Waals surface area contributed by atoms with Crippen LogP contribution in [0.4, 0.5) is 10.1 Å². The molecule has 1 aliphatic heterocycles. The van der Waals surface area contributed by atoms with Crippen molar-refractivity contribution in [2.75, 3.05) is 12.4 Å². The summed E-state index contributed by atoms with van der Waals surface area (Å²) in [7, 11) is 1.39. The number of halogens is 1. The molecule has 0 saturated carbocycles. The number of rotatable bonds is 2. The third kappa shape index (κ3) is 2.53. The van der Waals surface area contributed by atoms with Gasteiger partial charge in [-0.25, -0.2) is 9.18 Å². The van der Waals surface area contributed by atoms with Gasteiger partial charge in [0.2, 0.25) is 0 Å². The van der Waals surface area contributed by atoms with Gasteiger partial charge in [-0.05, 0) is 54.2 Å². The van der Waals surface area contributed by atoms with Crippen molar-refractivity contribution < 1.29 is 13.9 Å². The van der Waals surface area contributed by atoms with E-state index in [-0.39, 0.29) is 17.8 Å². The lowest BCUT2D eigenvalue weighted by atomic mass is 9.76. The maximum absolute atomic E-state index is 13.3. The van der Waals surface area contributed by atoms with Crippen LogP contribution >= 0.6 is 0 Å². The Labute approximate surface area is 146 Å². The zero-order valence-electron chi connectivity index (χ0n) is 14.3. The van der Waals surface area contributed by atoms with Crippen molar-refractivity contribution in [1.29, 1.82) is 0 Å². The Kier molecular flexibility index (Phi) is 3.83. The van der Waals surface area contributed by atoms with E-state index >= 15 is 0 Å². The molecule has 0 spiro atoms.